The van der Waals surface area contributed by atoms with E-state index < -0.39 is 0 Å². The summed E-state index contributed by atoms with van der Waals surface area (Å²) in [5.74, 6) is 0. The van der Waals surface area contributed by atoms with E-state index in [1.165, 1.54) is 0 Å². The number of hydrogen-bond acceptors (Lipinski definition) is 0. The topological polar surface area (TPSA) is 0 Å². The van der Waals surface area contributed by atoms with Gasteiger partial charge in [0.2, 0.25) is 0 Å². The van der Waals surface area contributed by atoms with E-state index in [4.69, 9.17) is 0 Å². The summed E-state index contributed by atoms with van der Waals surface area (Å²) < 4.78 is 5.23. The first-order chi connectivity index (χ1) is 7.99. The maximum atomic E-state index is 3.59. The minimum Gasteiger partial charge on any atom is -0.0520 e. The minimum atomic E-state index is 1.04. The van der Waals surface area contributed by atoms with Crippen LogP contribution < -0.4 is 0 Å². The van der Waals surface area contributed by atoms with Gasteiger partial charge in [-0.05, 0) is 29.8 Å². The summed E-state index contributed by atoms with van der Waals surface area (Å²) in [5, 5.41) is 0. The van der Waals surface area contributed by atoms with Crippen LogP contribution in [-0.4, -0.2) is 0 Å². The zero-order valence-electron chi connectivity index (χ0n) is 8.28. The molecule has 0 amide bonds. The van der Waals surface area contributed by atoms with Crippen LogP contribution in [0.5, 0.6) is 0 Å². The van der Waals surface area contributed by atoms with Gasteiger partial charge in [-0.1, -0.05) is 85.7 Å². The van der Waals surface area contributed by atoms with E-state index >= 15 is 0 Å². The minimum absolute atomic E-state index is 1.04. The fourth-order valence-electron chi connectivity index (χ4n) is 1.49. The molecule has 0 nitrogen and oxygen atoms in total. The van der Waals surface area contributed by atoms with Crippen molar-refractivity contribution in [2.75, 3.05) is 0 Å². The second-order valence-corrected chi connectivity index (χ2v) is 7.76. The van der Waals surface area contributed by atoms with Gasteiger partial charge in [-0.15, -0.1) is 0 Å². The van der Waals surface area contributed by atoms with Crippen molar-refractivity contribution >= 4 is 79.6 Å². The van der Waals surface area contributed by atoms with Crippen LogP contribution >= 0.6 is 79.6 Å². The lowest BCUT2D eigenvalue weighted by molar-refractivity contribution is 1.49. The quantitative estimate of drug-likeness (QED) is 0.355. The Labute approximate surface area is 142 Å². The molecule has 17 heavy (non-hydrogen) atoms. The molecule has 0 N–H and O–H groups in total. The normalized spacial score (nSPS) is 10.6. The van der Waals surface area contributed by atoms with E-state index in [1.54, 1.807) is 0 Å². The molecule has 0 saturated heterocycles. The number of hydrogen-bond donors (Lipinski definition) is 0. The van der Waals surface area contributed by atoms with Crippen LogP contribution in [0.2, 0.25) is 0 Å². The standard InChI is InChI=1S/C12H5Br5/c13-6-1-2-8(9(15)3-6)12-10(16)4-7(14)5-11(12)17/h1-5H. The van der Waals surface area contributed by atoms with Gasteiger partial charge >= 0.3 is 0 Å². The Bertz CT molecular complexity index is 554. The Morgan fingerprint density at radius 1 is 0.588 bits per heavy atom. The molecule has 2 aromatic rings. The van der Waals surface area contributed by atoms with Gasteiger partial charge < -0.3 is 0 Å². The van der Waals surface area contributed by atoms with Gasteiger partial charge in [-0.25, -0.2) is 0 Å². The molecule has 0 unspecified atom stereocenters. The van der Waals surface area contributed by atoms with E-state index in [2.05, 4.69) is 85.7 Å². The smallest absolute Gasteiger partial charge is 0.0276 e. The Hall–Kier alpha value is 0.840. The van der Waals surface area contributed by atoms with Crippen LogP contribution in [0.1, 0.15) is 0 Å². The molecule has 2 aromatic carbocycles. The third kappa shape index (κ3) is 3.24. The van der Waals surface area contributed by atoms with E-state index in [1.807, 2.05) is 24.3 Å². The summed E-state index contributed by atoms with van der Waals surface area (Å²) in [6.07, 6.45) is 0. The van der Waals surface area contributed by atoms with Crippen LogP contribution in [0, 0.1) is 0 Å². The molecule has 0 bridgehead atoms. The molecule has 0 aliphatic carbocycles. The first-order valence-electron chi connectivity index (χ1n) is 4.59. The average molecular weight is 549 g/mol. The largest absolute Gasteiger partial charge is 0.0520 e. The number of benzene rings is 2. The van der Waals surface area contributed by atoms with Crippen molar-refractivity contribution in [3.8, 4) is 11.1 Å². The van der Waals surface area contributed by atoms with Gasteiger partial charge in [0.15, 0.2) is 0 Å². The van der Waals surface area contributed by atoms with Gasteiger partial charge in [0, 0.05) is 27.9 Å². The molecule has 0 heterocycles. The van der Waals surface area contributed by atoms with Crippen LogP contribution in [0.3, 0.4) is 0 Å². The van der Waals surface area contributed by atoms with Crippen LogP contribution in [0.15, 0.2) is 52.7 Å². The lowest BCUT2D eigenvalue weighted by Crippen LogP contribution is -1.85. The molecule has 0 aliphatic rings. The van der Waals surface area contributed by atoms with Crippen LogP contribution in [0.4, 0.5) is 0 Å². The summed E-state index contributed by atoms with van der Waals surface area (Å²) in [5.41, 5.74) is 2.27. The molecule has 0 fully saturated rings. The van der Waals surface area contributed by atoms with Crippen molar-refractivity contribution in [1.82, 2.24) is 0 Å². The second-order valence-electron chi connectivity index (χ2n) is 3.37. The second kappa shape index (κ2) is 5.87. The lowest BCUT2D eigenvalue weighted by Gasteiger charge is -2.11. The highest BCUT2D eigenvalue weighted by Crippen LogP contribution is 2.41. The van der Waals surface area contributed by atoms with Gasteiger partial charge in [0.05, 0.1) is 0 Å². The summed E-state index contributed by atoms with van der Waals surface area (Å²) in [6.45, 7) is 0. The number of halogens is 5. The van der Waals surface area contributed by atoms with Crippen LogP contribution in [-0.2, 0) is 0 Å². The third-order valence-corrected chi connectivity index (χ3v) is 5.07. The molecular formula is C12H5Br5. The summed E-state index contributed by atoms with van der Waals surface area (Å²) in [6, 6.07) is 10.2. The van der Waals surface area contributed by atoms with Gasteiger partial charge in [-0.2, -0.15) is 0 Å². The Kier molecular flexibility index (Phi) is 4.92. The van der Waals surface area contributed by atoms with Crippen molar-refractivity contribution in [2.45, 2.75) is 0 Å². The zero-order chi connectivity index (χ0) is 12.6. The highest BCUT2D eigenvalue weighted by atomic mass is 79.9. The molecule has 0 radical (unpaired) electrons. The first kappa shape index (κ1) is 14.3. The first-order valence-corrected chi connectivity index (χ1v) is 8.55. The molecule has 0 saturated carbocycles. The highest BCUT2D eigenvalue weighted by molar-refractivity contribution is 9.12. The van der Waals surface area contributed by atoms with Gasteiger partial charge in [0.1, 0.15) is 0 Å². The van der Waals surface area contributed by atoms with Crippen molar-refractivity contribution < 1.29 is 0 Å². The summed E-state index contributed by atoms with van der Waals surface area (Å²) in [4.78, 5) is 0. The van der Waals surface area contributed by atoms with Gasteiger partial charge in [-0.3, -0.25) is 0 Å². The molecule has 2 rings (SSSR count). The molecular weight excluding hydrogens is 544 g/mol. The molecule has 0 aromatic heterocycles. The Morgan fingerprint density at radius 3 is 1.65 bits per heavy atom. The fourth-order valence-corrected chi connectivity index (χ4v) is 5.42. The van der Waals surface area contributed by atoms with E-state index in [0.29, 0.717) is 0 Å². The Balaban J connectivity index is 2.68. The van der Waals surface area contributed by atoms with E-state index in [-0.39, 0.29) is 0 Å². The number of rotatable bonds is 1. The predicted octanol–water partition coefficient (Wildman–Crippen LogP) is 7.17. The lowest BCUT2D eigenvalue weighted by atomic mass is 10.1. The SMILES string of the molecule is Brc1ccc(-c2c(Br)cc(Br)cc2Br)c(Br)c1. The maximum absolute atomic E-state index is 3.59. The maximum Gasteiger partial charge on any atom is 0.0276 e. The van der Waals surface area contributed by atoms with Crippen LogP contribution in [0.25, 0.3) is 11.1 Å². The van der Waals surface area contributed by atoms with Crippen molar-refractivity contribution in [2.24, 2.45) is 0 Å². The molecule has 0 aliphatic heterocycles. The molecule has 0 atom stereocenters. The summed E-state index contributed by atoms with van der Waals surface area (Å²) in [7, 11) is 0. The molecule has 0 spiro atoms. The fraction of sp³-hybridized carbons (Fsp3) is 0. The molecule has 88 valence electrons. The van der Waals surface area contributed by atoms with E-state index in [0.717, 1.165) is 33.5 Å². The third-order valence-electron chi connectivity index (χ3n) is 2.21. The van der Waals surface area contributed by atoms with Gasteiger partial charge in [0.25, 0.3) is 0 Å². The summed E-state index contributed by atoms with van der Waals surface area (Å²) >= 11 is 17.7. The Morgan fingerprint density at radius 2 is 1.12 bits per heavy atom. The average Bonchev–Trinajstić information content (AvgIpc) is 2.19. The van der Waals surface area contributed by atoms with Crippen molar-refractivity contribution in [3.63, 3.8) is 0 Å². The zero-order valence-corrected chi connectivity index (χ0v) is 16.2. The molecule has 5 heteroatoms. The van der Waals surface area contributed by atoms with Crippen molar-refractivity contribution in [3.05, 3.63) is 52.7 Å². The van der Waals surface area contributed by atoms with Crippen molar-refractivity contribution in [1.29, 1.82) is 0 Å². The highest BCUT2D eigenvalue weighted by Gasteiger charge is 2.12. The predicted molar refractivity (Wildman–Crippen MR) is 90.4 cm³/mol. The monoisotopic (exact) mass is 544 g/mol. The van der Waals surface area contributed by atoms with E-state index in [9.17, 15) is 0 Å².